The Balaban J connectivity index is 2.01. The van der Waals surface area contributed by atoms with Crippen LogP contribution >= 0.6 is 0 Å². The Bertz CT molecular complexity index is 322. The molecule has 0 spiro atoms. The van der Waals surface area contributed by atoms with E-state index in [1.54, 1.807) is 0 Å². The molecule has 1 saturated carbocycles. The minimum Gasteiger partial charge on any atom is -0.319 e. The first-order valence-corrected chi connectivity index (χ1v) is 6.50. The van der Waals surface area contributed by atoms with Gasteiger partial charge in [-0.1, -0.05) is 37.6 Å². The van der Waals surface area contributed by atoms with Gasteiger partial charge >= 0.3 is 0 Å². The first kappa shape index (κ1) is 11.7. The number of benzene rings is 1. The molecule has 1 N–H and O–H groups in total. The molecule has 0 atom stereocenters. The number of hydrogen-bond acceptors (Lipinski definition) is 1. The Kier molecular flexibility index (Phi) is 3.65. The number of hydrogen-bond donors (Lipinski definition) is 1. The van der Waals surface area contributed by atoms with Crippen molar-refractivity contribution < 1.29 is 0 Å². The third kappa shape index (κ3) is 2.46. The van der Waals surface area contributed by atoms with E-state index in [1.807, 2.05) is 0 Å². The van der Waals surface area contributed by atoms with E-state index >= 15 is 0 Å². The molecule has 1 fully saturated rings. The van der Waals surface area contributed by atoms with Crippen LogP contribution in [0.4, 0.5) is 0 Å². The van der Waals surface area contributed by atoms with Gasteiger partial charge in [-0.25, -0.2) is 0 Å². The zero-order valence-corrected chi connectivity index (χ0v) is 10.6. The first-order chi connectivity index (χ1) is 7.78. The van der Waals surface area contributed by atoms with Gasteiger partial charge < -0.3 is 5.32 Å². The van der Waals surface area contributed by atoms with Crippen molar-refractivity contribution >= 4 is 0 Å². The van der Waals surface area contributed by atoms with Crippen molar-refractivity contribution in [3.63, 3.8) is 0 Å². The lowest BCUT2D eigenvalue weighted by molar-refractivity contribution is 0.133. The van der Waals surface area contributed by atoms with Gasteiger partial charge in [-0.05, 0) is 49.3 Å². The summed E-state index contributed by atoms with van der Waals surface area (Å²) in [6, 6.07) is 9.19. The minimum absolute atomic E-state index is 0.558. The zero-order chi connectivity index (χ0) is 11.4. The fourth-order valence-electron chi connectivity index (χ4n) is 2.79. The van der Waals surface area contributed by atoms with Gasteiger partial charge in [0.1, 0.15) is 0 Å². The predicted octanol–water partition coefficient (Wildman–Crippen LogP) is 3.18. The van der Waals surface area contributed by atoms with Crippen LogP contribution in [0.3, 0.4) is 0 Å². The molecule has 0 unspecified atom stereocenters. The Morgan fingerprint density at radius 2 is 1.75 bits per heavy atom. The van der Waals surface area contributed by atoms with Gasteiger partial charge in [-0.15, -0.1) is 0 Å². The van der Waals surface area contributed by atoms with Gasteiger partial charge in [0, 0.05) is 6.54 Å². The summed E-state index contributed by atoms with van der Waals surface area (Å²) in [5.74, 6) is 0. The first-order valence-electron chi connectivity index (χ1n) is 6.50. The van der Waals surface area contributed by atoms with Crippen LogP contribution in [-0.4, -0.2) is 13.6 Å². The quantitative estimate of drug-likeness (QED) is 0.798. The molecule has 0 bridgehead atoms. The van der Waals surface area contributed by atoms with Gasteiger partial charge in [-0.3, -0.25) is 0 Å². The number of nitrogens with one attached hydrogen (secondary N) is 1. The molecule has 88 valence electrons. The summed E-state index contributed by atoms with van der Waals surface area (Å²) in [5, 5.41) is 3.35. The SMILES string of the molecule is CCc1ccc(CC2(CNC)CCC2)cc1. The van der Waals surface area contributed by atoms with Gasteiger partial charge in [0.25, 0.3) is 0 Å². The molecule has 0 saturated heterocycles. The van der Waals surface area contributed by atoms with E-state index in [1.165, 1.54) is 43.4 Å². The third-order valence-corrected chi connectivity index (χ3v) is 3.98. The Hall–Kier alpha value is -0.820. The van der Waals surface area contributed by atoms with E-state index in [9.17, 15) is 0 Å². The summed E-state index contributed by atoms with van der Waals surface area (Å²) in [6.07, 6.45) is 6.58. The average Bonchev–Trinajstić information content (AvgIpc) is 2.27. The van der Waals surface area contributed by atoms with E-state index in [-0.39, 0.29) is 0 Å². The highest BCUT2D eigenvalue weighted by molar-refractivity contribution is 5.24. The largest absolute Gasteiger partial charge is 0.319 e. The third-order valence-electron chi connectivity index (χ3n) is 3.98. The second-order valence-electron chi connectivity index (χ2n) is 5.23. The lowest BCUT2D eigenvalue weighted by atomic mass is 9.65. The van der Waals surface area contributed by atoms with Crippen molar-refractivity contribution in [2.45, 2.75) is 39.0 Å². The van der Waals surface area contributed by atoms with Crippen LogP contribution in [0.2, 0.25) is 0 Å². The summed E-state index contributed by atoms with van der Waals surface area (Å²) in [7, 11) is 2.07. The second-order valence-corrected chi connectivity index (χ2v) is 5.23. The number of rotatable bonds is 5. The van der Waals surface area contributed by atoms with Crippen LogP contribution in [-0.2, 0) is 12.8 Å². The van der Waals surface area contributed by atoms with Crippen molar-refractivity contribution in [1.29, 1.82) is 0 Å². The van der Waals surface area contributed by atoms with Crippen LogP contribution in [0.15, 0.2) is 24.3 Å². The summed E-state index contributed by atoms with van der Waals surface area (Å²) >= 11 is 0. The normalized spacial score (nSPS) is 18.1. The topological polar surface area (TPSA) is 12.0 Å². The highest BCUT2D eigenvalue weighted by Crippen LogP contribution is 2.43. The second kappa shape index (κ2) is 5.01. The summed E-state index contributed by atoms with van der Waals surface area (Å²) < 4.78 is 0. The lowest BCUT2D eigenvalue weighted by Crippen LogP contribution is -2.40. The summed E-state index contributed by atoms with van der Waals surface area (Å²) in [6.45, 7) is 3.38. The monoisotopic (exact) mass is 217 g/mol. The van der Waals surface area contributed by atoms with E-state index in [2.05, 4.69) is 43.6 Å². The molecule has 0 aliphatic heterocycles. The van der Waals surface area contributed by atoms with Gasteiger partial charge in [0.15, 0.2) is 0 Å². The van der Waals surface area contributed by atoms with Crippen molar-refractivity contribution in [2.75, 3.05) is 13.6 Å². The molecule has 1 aromatic carbocycles. The van der Waals surface area contributed by atoms with Crippen LogP contribution in [0.5, 0.6) is 0 Å². The maximum Gasteiger partial charge on any atom is 0.000799 e. The molecule has 1 nitrogen and oxygen atoms in total. The van der Waals surface area contributed by atoms with Crippen LogP contribution in [0, 0.1) is 5.41 Å². The highest BCUT2D eigenvalue weighted by Gasteiger charge is 2.35. The molecule has 0 amide bonds. The highest BCUT2D eigenvalue weighted by atomic mass is 14.8. The van der Waals surface area contributed by atoms with Gasteiger partial charge in [-0.2, -0.15) is 0 Å². The van der Waals surface area contributed by atoms with E-state index in [0.29, 0.717) is 5.41 Å². The maximum absolute atomic E-state index is 3.35. The molecule has 1 aliphatic rings. The van der Waals surface area contributed by atoms with E-state index in [0.717, 1.165) is 6.42 Å². The Morgan fingerprint density at radius 1 is 1.12 bits per heavy atom. The molecule has 0 radical (unpaired) electrons. The Labute approximate surface area is 99.3 Å². The average molecular weight is 217 g/mol. The maximum atomic E-state index is 3.35. The van der Waals surface area contributed by atoms with Crippen molar-refractivity contribution in [1.82, 2.24) is 5.32 Å². The molecule has 1 heteroatoms. The van der Waals surface area contributed by atoms with Crippen LogP contribution < -0.4 is 5.32 Å². The van der Waals surface area contributed by atoms with Crippen LogP contribution in [0.25, 0.3) is 0 Å². The fourth-order valence-corrected chi connectivity index (χ4v) is 2.79. The predicted molar refractivity (Wildman–Crippen MR) is 69.7 cm³/mol. The van der Waals surface area contributed by atoms with Gasteiger partial charge in [0.05, 0.1) is 0 Å². The molecule has 2 rings (SSSR count). The van der Waals surface area contributed by atoms with Gasteiger partial charge in [0.2, 0.25) is 0 Å². The van der Waals surface area contributed by atoms with Crippen molar-refractivity contribution in [3.05, 3.63) is 35.4 Å². The lowest BCUT2D eigenvalue weighted by Gasteiger charge is -2.42. The van der Waals surface area contributed by atoms with E-state index < -0.39 is 0 Å². The molecule has 16 heavy (non-hydrogen) atoms. The molecule has 1 aromatic rings. The molecular formula is C15H23N. The molecule has 0 heterocycles. The zero-order valence-electron chi connectivity index (χ0n) is 10.6. The standard InChI is InChI=1S/C15H23N/c1-3-13-5-7-14(8-6-13)11-15(12-16-2)9-4-10-15/h5-8,16H,3-4,9-12H2,1-2H3. The molecular weight excluding hydrogens is 194 g/mol. The van der Waals surface area contributed by atoms with Crippen molar-refractivity contribution in [2.24, 2.45) is 5.41 Å². The molecule has 0 aromatic heterocycles. The smallest absolute Gasteiger partial charge is 0.000799 e. The van der Waals surface area contributed by atoms with E-state index in [4.69, 9.17) is 0 Å². The summed E-state index contributed by atoms with van der Waals surface area (Å²) in [4.78, 5) is 0. The Morgan fingerprint density at radius 3 is 2.19 bits per heavy atom. The molecule has 1 aliphatic carbocycles. The van der Waals surface area contributed by atoms with Crippen LogP contribution in [0.1, 0.15) is 37.3 Å². The van der Waals surface area contributed by atoms with Crippen molar-refractivity contribution in [3.8, 4) is 0 Å². The number of aryl methyl sites for hydroxylation is 1. The minimum atomic E-state index is 0.558. The fraction of sp³-hybridized carbons (Fsp3) is 0.600. The summed E-state index contributed by atoms with van der Waals surface area (Å²) in [5.41, 5.74) is 3.51.